The summed E-state index contributed by atoms with van der Waals surface area (Å²) in [5.41, 5.74) is 7.05. The maximum Gasteiger partial charge on any atom is 0.145 e. The van der Waals surface area contributed by atoms with E-state index in [1.165, 1.54) is 19.3 Å². The van der Waals surface area contributed by atoms with Gasteiger partial charge in [0.25, 0.3) is 0 Å². The SMILES string of the molecule is CCCCCCn1nnc(C(N)=S)c1COC. The summed E-state index contributed by atoms with van der Waals surface area (Å²) in [5, 5.41) is 8.07. The molecule has 2 N–H and O–H groups in total. The van der Waals surface area contributed by atoms with Gasteiger partial charge in [0.2, 0.25) is 0 Å². The van der Waals surface area contributed by atoms with Gasteiger partial charge < -0.3 is 10.5 Å². The van der Waals surface area contributed by atoms with Crippen LogP contribution in [-0.4, -0.2) is 27.1 Å². The molecular formula is C11H20N4OS. The van der Waals surface area contributed by atoms with Crippen LogP contribution >= 0.6 is 12.2 Å². The number of aromatic nitrogens is 3. The summed E-state index contributed by atoms with van der Waals surface area (Å²) in [6.07, 6.45) is 4.76. The van der Waals surface area contributed by atoms with Crippen molar-refractivity contribution in [2.45, 2.75) is 45.8 Å². The van der Waals surface area contributed by atoms with Crippen molar-refractivity contribution in [3.05, 3.63) is 11.4 Å². The van der Waals surface area contributed by atoms with Gasteiger partial charge in [-0.1, -0.05) is 43.6 Å². The fourth-order valence-electron chi connectivity index (χ4n) is 1.67. The van der Waals surface area contributed by atoms with Gasteiger partial charge in [-0.3, -0.25) is 0 Å². The molecule has 0 saturated carbocycles. The zero-order chi connectivity index (χ0) is 12.7. The van der Waals surface area contributed by atoms with E-state index in [1.807, 2.05) is 4.68 Å². The first kappa shape index (κ1) is 14.1. The summed E-state index contributed by atoms with van der Waals surface area (Å²) in [6.45, 7) is 3.47. The van der Waals surface area contributed by atoms with E-state index in [1.54, 1.807) is 7.11 Å². The Kier molecular flexibility index (Phi) is 6.07. The molecule has 1 rings (SSSR count). The molecule has 0 aliphatic heterocycles. The molecule has 1 heterocycles. The van der Waals surface area contributed by atoms with Crippen molar-refractivity contribution in [2.75, 3.05) is 7.11 Å². The van der Waals surface area contributed by atoms with Crippen LogP contribution in [-0.2, 0) is 17.9 Å². The molecule has 5 nitrogen and oxygen atoms in total. The van der Waals surface area contributed by atoms with Gasteiger partial charge >= 0.3 is 0 Å². The van der Waals surface area contributed by atoms with Crippen molar-refractivity contribution in [1.29, 1.82) is 0 Å². The largest absolute Gasteiger partial charge is 0.388 e. The molecule has 6 heteroatoms. The first-order chi connectivity index (χ1) is 8.20. The van der Waals surface area contributed by atoms with Crippen LogP contribution in [0.5, 0.6) is 0 Å². The van der Waals surface area contributed by atoms with Gasteiger partial charge in [-0.2, -0.15) is 0 Å². The monoisotopic (exact) mass is 256 g/mol. The maximum atomic E-state index is 5.59. The molecule has 0 saturated heterocycles. The molecule has 1 aromatic heterocycles. The number of aryl methyl sites for hydroxylation is 1. The van der Waals surface area contributed by atoms with Crippen molar-refractivity contribution in [3.63, 3.8) is 0 Å². The van der Waals surface area contributed by atoms with E-state index in [0.29, 0.717) is 12.3 Å². The number of nitrogens with zero attached hydrogens (tertiary/aromatic N) is 3. The zero-order valence-corrected chi connectivity index (χ0v) is 11.3. The first-order valence-electron chi connectivity index (χ1n) is 5.91. The van der Waals surface area contributed by atoms with Gasteiger partial charge in [-0.15, -0.1) is 5.10 Å². The molecule has 0 spiro atoms. The third-order valence-electron chi connectivity index (χ3n) is 2.58. The van der Waals surface area contributed by atoms with Gasteiger partial charge in [0.05, 0.1) is 12.3 Å². The van der Waals surface area contributed by atoms with E-state index in [9.17, 15) is 0 Å². The van der Waals surface area contributed by atoms with Gasteiger partial charge in [0.1, 0.15) is 10.7 Å². The van der Waals surface area contributed by atoms with Crippen LogP contribution in [0.4, 0.5) is 0 Å². The quantitative estimate of drug-likeness (QED) is 0.566. The highest BCUT2D eigenvalue weighted by atomic mass is 32.1. The van der Waals surface area contributed by atoms with Gasteiger partial charge in [-0.25, -0.2) is 4.68 Å². The van der Waals surface area contributed by atoms with Crippen molar-refractivity contribution in [3.8, 4) is 0 Å². The molecule has 0 fully saturated rings. The van der Waals surface area contributed by atoms with Crippen LogP contribution in [0, 0.1) is 0 Å². The van der Waals surface area contributed by atoms with E-state index >= 15 is 0 Å². The van der Waals surface area contributed by atoms with Crippen molar-refractivity contribution in [1.82, 2.24) is 15.0 Å². The minimum Gasteiger partial charge on any atom is -0.388 e. The third-order valence-corrected chi connectivity index (χ3v) is 2.77. The lowest BCUT2D eigenvalue weighted by atomic mass is 10.2. The summed E-state index contributed by atoms with van der Waals surface area (Å²) in [5.74, 6) is 0. The van der Waals surface area contributed by atoms with Crippen LogP contribution in [0.25, 0.3) is 0 Å². The second-order valence-corrected chi connectivity index (χ2v) is 4.41. The Morgan fingerprint density at radius 1 is 1.41 bits per heavy atom. The van der Waals surface area contributed by atoms with Gasteiger partial charge in [-0.05, 0) is 6.42 Å². The highest BCUT2D eigenvalue weighted by Crippen LogP contribution is 2.09. The highest BCUT2D eigenvalue weighted by molar-refractivity contribution is 7.80. The van der Waals surface area contributed by atoms with Crippen LogP contribution in [0.3, 0.4) is 0 Å². The normalized spacial score (nSPS) is 10.7. The fraction of sp³-hybridized carbons (Fsp3) is 0.727. The Balaban J connectivity index is 2.67. The average Bonchev–Trinajstić information content (AvgIpc) is 2.69. The number of rotatable bonds is 8. The van der Waals surface area contributed by atoms with Crippen molar-refractivity contribution >= 4 is 17.2 Å². The number of hydrogen-bond donors (Lipinski definition) is 1. The number of thiocarbonyl (C=S) groups is 1. The molecule has 0 aliphatic carbocycles. The molecule has 0 atom stereocenters. The molecule has 0 aliphatic rings. The Bertz CT molecular complexity index is 364. The predicted octanol–water partition coefficient (Wildman–Crippen LogP) is 1.64. The standard InChI is InChI=1S/C11H20N4OS/c1-3-4-5-6-7-15-9(8-16-2)10(11(12)17)13-14-15/h3-8H2,1-2H3,(H2,12,17). The summed E-state index contributed by atoms with van der Waals surface area (Å²) >= 11 is 4.94. The van der Waals surface area contributed by atoms with Crippen LogP contribution in [0.15, 0.2) is 0 Å². The topological polar surface area (TPSA) is 66.0 Å². The van der Waals surface area contributed by atoms with Crippen LogP contribution < -0.4 is 5.73 Å². The predicted molar refractivity (Wildman–Crippen MR) is 70.8 cm³/mol. The Morgan fingerprint density at radius 3 is 2.76 bits per heavy atom. The molecule has 0 unspecified atom stereocenters. The molecular weight excluding hydrogens is 236 g/mol. The Hall–Kier alpha value is -1.01. The lowest BCUT2D eigenvalue weighted by Gasteiger charge is -2.06. The molecule has 0 aromatic carbocycles. The van der Waals surface area contributed by atoms with Crippen molar-refractivity contribution in [2.24, 2.45) is 5.73 Å². The number of hydrogen-bond acceptors (Lipinski definition) is 4. The first-order valence-corrected chi connectivity index (χ1v) is 6.32. The molecule has 0 amide bonds. The molecule has 17 heavy (non-hydrogen) atoms. The molecule has 96 valence electrons. The lowest BCUT2D eigenvalue weighted by molar-refractivity contribution is 0.176. The fourth-order valence-corrected chi connectivity index (χ4v) is 1.83. The second kappa shape index (κ2) is 7.34. The third kappa shape index (κ3) is 4.05. The minimum absolute atomic E-state index is 0.275. The summed E-state index contributed by atoms with van der Waals surface area (Å²) in [7, 11) is 1.64. The average molecular weight is 256 g/mol. The smallest absolute Gasteiger partial charge is 0.145 e. The number of methoxy groups -OCH3 is 1. The number of ether oxygens (including phenoxy) is 1. The van der Waals surface area contributed by atoms with E-state index < -0.39 is 0 Å². The van der Waals surface area contributed by atoms with Crippen molar-refractivity contribution < 1.29 is 4.74 Å². The zero-order valence-electron chi connectivity index (χ0n) is 10.5. The molecule has 0 radical (unpaired) electrons. The van der Waals surface area contributed by atoms with E-state index in [-0.39, 0.29) is 4.99 Å². The van der Waals surface area contributed by atoms with Gasteiger partial charge in [0, 0.05) is 13.7 Å². The lowest BCUT2D eigenvalue weighted by Crippen LogP contribution is -2.15. The van der Waals surface area contributed by atoms with Crippen LogP contribution in [0.1, 0.15) is 44.0 Å². The minimum atomic E-state index is 0.275. The molecule has 0 bridgehead atoms. The highest BCUT2D eigenvalue weighted by Gasteiger charge is 2.14. The Morgan fingerprint density at radius 2 is 2.18 bits per heavy atom. The summed E-state index contributed by atoms with van der Waals surface area (Å²) in [4.78, 5) is 0.275. The number of unbranched alkanes of at least 4 members (excludes halogenated alkanes) is 3. The molecule has 1 aromatic rings. The second-order valence-electron chi connectivity index (χ2n) is 3.97. The number of nitrogens with two attached hydrogens (primary N) is 1. The van der Waals surface area contributed by atoms with Crippen LogP contribution in [0.2, 0.25) is 0 Å². The summed E-state index contributed by atoms with van der Waals surface area (Å²) < 4.78 is 6.97. The summed E-state index contributed by atoms with van der Waals surface area (Å²) in [6, 6.07) is 0. The van der Waals surface area contributed by atoms with E-state index in [2.05, 4.69) is 17.2 Å². The van der Waals surface area contributed by atoms with E-state index in [0.717, 1.165) is 18.7 Å². The Labute approximate surface area is 107 Å². The maximum absolute atomic E-state index is 5.59. The van der Waals surface area contributed by atoms with E-state index in [4.69, 9.17) is 22.7 Å². The van der Waals surface area contributed by atoms with Gasteiger partial charge in [0.15, 0.2) is 0 Å².